The van der Waals surface area contributed by atoms with Crippen LogP contribution < -0.4 is 0 Å². The zero-order valence-corrected chi connectivity index (χ0v) is 12.3. The number of methoxy groups -OCH3 is 1. The molecule has 0 aliphatic carbocycles. The first-order chi connectivity index (χ1) is 9.58. The second-order valence-electron chi connectivity index (χ2n) is 4.19. The summed E-state index contributed by atoms with van der Waals surface area (Å²) >= 11 is 1.45. The molecule has 2 rings (SSSR count). The SMILES string of the molecule is COC(=O)c1nnn(CCCF)c1-c1sc(C)nc1C. The van der Waals surface area contributed by atoms with E-state index < -0.39 is 12.6 Å². The number of thiazole rings is 1. The van der Waals surface area contributed by atoms with E-state index in [2.05, 4.69) is 15.3 Å². The van der Waals surface area contributed by atoms with Crippen molar-refractivity contribution in [2.24, 2.45) is 0 Å². The van der Waals surface area contributed by atoms with Crippen LogP contribution in [0.3, 0.4) is 0 Å². The van der Waals surface area contributed by atoms with E-state index in [0.29, 0.717) is 18.7 Å². The van der Waals surface area contributed by atoms with Gasteiger partial charge in [0.25, 0.3) is 0 Å². The molecular formula is C12H15FN4O2S. The Labute approximate surface area is 119 Å². The summed E-state index contributed by atoms with van der Waals surface area (Å²) in [5, 5.41) is 8.67. The summed E-state index contributed by atoms with van der Waals surface area (Å²) in [6.45, 7) is 3.64. The molecule has 0 amide bonds. The van der Waals surface area contributed by atoms with Crippen molar-refractivity contribution in [1.29, 1.82) is 0 Å². The molecule has 0 fully saturated rings. The summed E-state index contributed by atoms with van der Waals surface area (Å²) in [7, 11) is 1.29. The van der Waals surface area contributed by atoms with Crippen molar-refractivity contribution >= 4 is 17.3 Å². The van der Waals surface area contributed by atoms with Gasteiger partial charge in [0.2, 0.25) is 0 Å². The van der Waals surface area contributed by atoms with Gasteiger partial charge in [0, 0.05) is 6.54 Å². The van der Waals surface area contributed by atoms with E-state index in [1.807, 2.05) is 13.8 Å². The van der Waals surface area contributed by atoms with Crippen LogP contribution in [0.5, 0.6) is 0 Å². The van der Waals surface area contributed by atoms with Gasteiger partial charge in [-0.05, 0) is 20.3 Å². The standard InChI is InChI=1S/C12H15FN4O2S/c1-7-11(20-8(2)14-7)10-9(12(18)19-3)15-16-17(10)6-4-5-13/h4-6H2,1-3H3. The monoisotopic (exact) mass is 298 g/mol. The van der Waals surface area contributed by atoms with Crippen LogP contribution in [0.1, 0.15) is 27.6 Å². The highest BCUT2D eigenvalue weighted by Crippen LogP contribution is 2.31. The summed E-state index contributed by atoms with van der Waals surface area (Å²) in [4.78, 5) is 16.9. The van der Waals surface area contributed by atoms with E-state index in [9.17, 15) is 9.18 Å². The zero-order valence-electron chi connectivity index (χ0n) is 11.5. The van der Waals surface area contributed by atoms with E-state index in [-0.39, 0.29) is 5.69 Å². The average molecular weight is 298 g/mol. The third-order valence-corrected chi connectivity index (χ3v) is 3.82. The molecule has 2 aromatic rings. The van der Waals surface area contributed by atoms with Gasteiger partial charge in [-0.2, -0.15) is 0 Å². The number of rotatable bonds is 5. The number of hydrogen-bond acceptors (Lipinski definition) is 6. The van der Waals surface area contributed by atoms with Crippen molar-refractivity contribution in [3.05, 3.63) is 16.4 Å². The smallest absolute Gasteiger partial charge is 0.360 e. The van der Waals surface area contributed by atoms with Crippen LogP contribution >= 0.6 is 11.3 Å². The van der Waals surface area contributed by atoms with Gasteiger partial charge in [0.15, 0.2) is 5.69 Å². The van der Waals surface area contributed by atoms with Crippen molar-refractivity contribution in [3.8, 4) is 10.6 Å². The number of aryl methyl sites for hydroxylation is 3. The predicted octanol–water partition coefficient (Wildman–Crippen LogP) is 2.16. The van der Waals surface area contributed by atoms with Gasteiger partial charge in [-0.25, -0.2) is 14.5 Å². The Hall–Kier alpha value is -1.83. The minimum absolute atomic E-state index is 0.137. The molecule has 20 heavy (non-hydrogen) atoms. The Morgan fingerprint density at radius 3 is 2.75 bits per heavy atom. The lowest BCUT2D eigenvalue weighted by molar-refractivity contribution is 0.0595. The normalized spacial score (nSPS) is 10.8. The van der Waals surface area contributed by atoms with Crippen LogP contribution in [-0.4, -0.2) is 39.7 Å². The van der Waals surface area contributed by atoms with Crippen LogP contribution in [0.25, 0.3) is 10.6 Å². The average Bonchev–Trinajstić information content (AvgIpc) is 2.98. The maximum atomic E-state index is 12.4. The molecule has 2 heterocycles. The number of halogens is 1. The van der Waals surface area contributed by atoms with Crippen LogP contribution in [0, 0.1) is 13.8 Å². The quantitative estimate of drug-likeness (QED) is 0.791. The minimum Gasteiger partial charge on any atom is -0.464 e. The molecule has 0 aliphatic heterocycles. The molecule has 0 aliphatic rings. The summed E-state index contributed by atoms with van der Waals surface area (Å²) in [6, 6.07) is 0. The summed E-state index contributed by atoms with van der Waals surface area (Å²) in [5.41, 5.74) is 1.48. The van der Waals surface area contributed by atoms with Gasteiger partial charge in [-0.1, -0.05) is 5.21 Å². The molecule has 6 nitrogen and oxygen atoms in total. The van der Waals surface area contributed by atoms with Crippen molar-refractivity contribution in [1.82, 2.24) is 20.0 Å². The number of carbonyl (C=O) groups excluding carboxylic acids is 1. The number of ether oxygens (including phenoxy) is 1. The summed E-state index contributed by atoms with van der Waals surface area (Å²) in [6.07, 6.45) is 0.313. The highest BCUT2D eigenvalue weighted by molar-refractivity contribution is 7.15. The van der Waals surface area contributed by atoms with Crippen molar-refractivity contribution in [3.63, 3.8) is 0 Å². The van der Waals surface area contributed by atoms with Crippen molar-refractivity contribution < 1.29 is 13.9 Å². The second-order valence-corrected chi connectivity index (χ2v) is 5.39. The molecule has 0 spiro atoms. The molecule has 0 saturated heterocycles. The van der Waals surface area contributed by atoms with Crippen LogP contribution in [0.2, 0.25) is 0 Å². The van der Waals surface area contributed by atoms with E-state index in [1.165, 1.54) is 23.1 Å². The molecular weight excluding hydrogens is 283 g/mol. The number of hydrogen-bond donors (Lipinski definition) is 0. The highest BCUT2D eigenvalue weighted by Gasteiger charge is 2.24. The van der Waals surface area contributed by atoms with E-state index >= 15 is 0 Å². The lowest BCUT2D eigenvalue weighted by Crippen LogP contribution is -2.07. The fraction of sp³-hybridized carbons (Fsp3) is 0.500. The lowest BCUT2D eigenvalue weighted by atomic mass is 10.2. The topological polar surface area (TPSA) is 69.9 Å². The number of nitrogens with zero attached hydrogens (tertiary/aromatic N) is 4. The van der Waals surface area contributed by atoms with Gasteiger partial charge in [-0.3, -0.25) is 4.39 Å². The molecule has 0 unspecified atom stereocenters. The number of alkyl halides is 1. The first kappa shape index (κ1) is 14.6. The third-order valence-electron chi connectivity index (χ3n) is 2.74. The number of carbonyl (C=O) groups is 1. The largest absolute Gasteiger partial charge is 0.464 e. The van der Waals surface area contributed by atoms with E-state index in [0.717, 1.165) is 15.6 Å². The molecule has 0 saturated carbocycles. The second kappa shape index (κ2) is 6.08. The van der Waals surface area contributed by atoms with Crippen molar-refractivity contribution in [2.75, 3.05) is 13.8 Å². The highest BCUT2D eigenvalue weighted by atomic mass is 32.1. The van der Waals surface area contributed by atoms with Gasteiger partial charge in [-0.15, -0.1) is 16.4 Å². The number of esters is 1. The molecule has 0 bridgehead atoms. The Morgan fingerprint density at radius 2 is 2.20 bits per heavy atom. The summed E-state index contributed by atoms with van der Waals surface area (Å²) < 4.78 is 18.6. The van der Waals surface area contributed by atoms with Crippen molar-refractivity contribution in [2.45, 2.75) is 26.8 Å². The molecule has 8 heteroatoms. The Bertz CT molecular complexity index is 623. The molecule has 0 aromatic carbocycles. The summed E-state index contributed by atoms with van der Waals surface area (Å²) in [5.74, 6) is -0.558. The van der Waals surface area contributed by atoms with Crippen LogP contribution in [-0.2, 0) is 11.3 Å². The van der Waals surface area contributed by atoms with Gasteiger partial charge in [0.05, 0.1) is 29.4 Å². The zero-order chi connectivity index (χ0) is 14.7. The lowest BCUT2D eigenvalue weighted by Gasteiger charge is -2.05. The minimum atomic E-state index is -0.558. The number of aromatic nitrogens is 4. The van der Waals surface area contributed by atoms with Gasteiger partial charge >= 0.3 is 5.97 Å². The maximum absolute atomic E-state index is 12.4. The van der Waals surface area contributed by atoms with Crippen LogP contribution in [0.15, 0.2) is 0 Å². The fourth-order valence-electron chi connectivity index (χ4n) is 1.89. The maximum Gasteiger partial charge on any atom is 0.360 e. The van der Waals surface area contributed by atoms with E-state index in [4.69, 9.17) is 4.74 Å². The first-order valence-electron chi connectivity index (χ1n) is 6.10. The molecule has 0 atom stereocenters. The fourth-order valence-corrected chi connectivity index (χ4v) is 2.86. The molecule has 0 N–H and O–H groups in total. The predicted molar refractivity (Wildman–Crippen MR) is 72.5 cm³/mol. The first-order valence-corrected chi connectivity index (χ1v) is 6.92. The van der Waals surface area contributed by atoms with E-state index in [1.54, 1.807) is 0 Å². The third kappa shape index (κ3) is 2.69. The van der Waals surface area contributed by atoms with Crippen LogP contribution in [0.4, 0.5) is 4.39 Å². The Kier molecular flexibility index (Phi) is 4.43. The Morgan fingerprint density at radius 1 is 1.45 bits per heavy atom. The Balaban J connectivity index is 2.54. The molecule has 0 radical (unpaired) electrons. The molecule has 108 valence electrons. The van der Waals surface area contributed by atoms with Gasteiger partial charge in [0.1, 0.15) is 5.69 Å². The van der Waals surface area contributed by atoms with Gasteiger partial charge < -0.3 is 4.74 Å². The molecule has 2 aromatic heterocycles.